The highest BCUT2D eigenvalue weighted by Crippen LogP contribution is 2.41. The summed E-state index contributed by atoms with van der Waals surface area (Å²) in [5, 5.41) is 0.758. The topological polar surface area (TPSA) is 85.8 Å². The van der Waals surface area contributed by atoms with Crippen molar-refractivity contribution in [2.45, 2.75) is 25.8 Å². The Bertz CT molecular complexity index is 693. The number of hydrogen-bond acceptors (Lipinski definition) is 3. The smallest absolute Gasteiger partial charge is 0.404 e. The number of phosphoric acid groups is 1. The summed E-state index contributed by atoms with van der Waals surface area (Å²) < 4.78 is 15.9. The minimum absolute atomic E-state index is 0.230. The third-order valence-electron chi connectivity index (χ3n) is 4.09. The molecule has 7 heteroatoms. The van der Waals surface area contributed by atoms with Crippen molar-refractivity contribution in [3.8, 4) is 5.75 Å². The largest absolute Gasteiger partial charge is 0.524 e. The number of fused-ring (bicyclic) bond motifs is 1. The summed E-state index contributed by atoms with van der Waals surface area (Å²) in [5.41, 5.74) is 1.85. The zero-order valence-corrected chi connectivity index (χ0v) is 12.7. The summed E-state index contributed by atoms with van der Waals surface area (Å²) in [6.07, 6.45) is 3.95. The van der Waals surface area contributed by atoms with Gasteiger partial charge in [-0.2, -0.15) is 0 Å². The Morgan fingerprint density at radius 3 is 2.90 bits per heavy atom. The minimum Gasteiger partial charge on any atom is -0.404 e. The molecule has 1 atom stereocenters. The lowest BCUT2D eigenvalue weighted by Gasteiger charge is -2.38. The second-order valence-corrected chi connectivity index (χ2v) is 6.66. The number of H-pyrrole nitrogens is 1. The number of likely N-dealkylation sites (tertiary alicyclic amines) is 1. The molecular formula is C14H19N2O4P. The van der Waals surface area contributed by atoms with Gasteiger partial charge in [0.15, 0.2) is 0 Å². The van der Waals surface area contributed by atoms with Crippen molar-refractivity contribution in [1.82, 2.24) is 9.88 Å². The highest BCUT2D eigenvalue weighted by atomic mass is 31.2. The average molecular weight is 310 g/mol. The molecule has 114 valence electrons. The first-order chi connectivity index (χ1) is 9.94. The van der Waals surface area contributed by atoms with Gasteiger partial charge in [0.25, 0.3) is 0 Å². The van der Waals surface area contributed by atoms with E-state index in [0.717, 1.165) is 36.0 Å². The molecular weight excluding hydrogens is 291 g/mol. The van der Waals surface area contributed by atoms with Gasteiger partial charge in [-0.3, -0.25) is 9.79 Å². The van der Waals surface area contributed by atoms with Gasteiger partial charge in [-0.05, 0) is 44.0 Å². The molecule has 0 saturated carbocycles. The van der Waals surface area contributed by atoms with Gasteiger partial charge >= 0.3 is 7.82 Å². The minimum atomic E-state index is -4.55. The van der Waals surface area contributed by atoms with Crippen LogP contribution in [0.4, 0.5) is 0 Å². The first kappa shape index (κ1) is 14.6. The molecule has 21 heavy (non-hydrogen) atoms. The molecule has 1 fully saturated rings. The molecule has 3 N–H and O–H groups in total. The second-order valence-electron chi connectivity index (χ2n) is 5.50. The fourth-order valence-corrected chi connectivity index (χ4v) is 3.20. The number of benzene rings is 1. The van der Waals surface area contributed by atoms with Crippen LogP contribution >= 0.6 is 7.82 Å². The quantitative estimate of drug-likeness (QED) is 0.738. The van der Waals surface area contributed by atoms with E-state index in [1.54, 1.807) is 12.1 Å². The van der Waals surface area contributed by atoms with Crippen molar-refractivity contribution in [2.75, 3.05) is 13.1 Å². The zero-order chi connectivity index (χ0) is 15.0. The molecule has 6 nitrogen and oxygen atoms in total. The van der Waals surface area contributed by atoms with Gasteiger partial charge in [0.2, 0.25) is 0 Å². The van der Waals surface area contributed by atoms with E-state index in [1.165, 1.54) is 6.42 Å². The number of hydrogen-bond donors (Lipinski definition) is 3. The Morgan fingerprint density at radius 2 is 2.29 bits per heavy atom. The SMILES string of the molecule is CC1CCN1CCc1c[nH]c2cccc(OP(=O)(O)O)c12. The van der Waals surface area contributed by atoms with E-state index in [1.807, 2.05) is 12.3 Å². The predicted octanol–water partition coefficient (Wildman–Crippen LogP) is 2.28. The molecule has 0 aliphatic carbocycles. The monoisotopic (exact) mass is 310 g/mol. The maximum Gasteiger partial charge on any atom is 0.524 e. The van der Waals surface area contributed by atoms with Crippen molar-refractivity contribution in [1.29, 1.82) is 0 Å². The van der Waals surface area contributed by atoms with Crippen molar-refractivity contribution in [2.24, 2.45) is 0 Å². The fraction of sp³-hybridized carbons (Fsp3) is 0.429. The van der Waals surface area contributed by atoms with Crippen LogP contribution in [0.15, 0.2) is 24.4 Å². The molecule has 2 heterocycles. The summed E-state index contributed by atoms with van der Waals surface area (Å²) in [6.45, 7) is 4.27. The summed E-state index contributed by atoms with van der Waals surface area (Å²) in [7, 11) is -4.55. The highest BCUT2D eigenvalue weighted by molar-refractivity contribution is 7.46. The van der Waals surface area contributed by atoms with Crippen LogP contribution in [0.5, 0.6) is 5.75 Å². The van der Waals surface area contributed by atoms with Gasteiger partial charge in [0.05, 0.1) is 0 Å². The van der Waals surface area contributed by atoms with Crippen LogP contribution in [-0.2, 0) is 11.0 Å². The first-order valence-electron chi connectivity index (χ1n) is 7.02. The van der Waals surface area contributed by atoms with Gasteiger partial charge < -0.3 is 14.4 Å². The first-order valence-corrected chi connectivity index (χ1v) is 8.55. The highest BCUT2D eigenvalue weighted by Gasteiger charge is 2.24. The van der Waals surface area contributed by atoms with E-state index in [9.17, 15) is 4.57 Å². The van der Waals surface area contributed by atoms with E-state index in [0.29, 0.717) is 6.04 Å². The molecule has 2 aromatic rings. The number of aromatic amines is 1. The summed E-state index contributed by atoms with van der Waals surface area (Å²) in [6, 6.07) is 5.80. The Morgan fingerprint density at radius 1 is 1.48 bits per heavy atom. The average Bonchev–Trinajstić information content (AvgIpc) is 2.80. The Kier molecular flexibility index (Phi) is 3.80. The molecule has 0 spiro atoms. The molecule has 1 aromatic heterocycles. The maximum atomic E-state index is 11.1. The normalized spacial score (nSPS) is 19.7. The molecule has 3 rings (SSSR count). The van der Waals surface area contributed by atoms with Crippen molar-refractivity contribution in [3.63, 3.8) is 0 Å². The maximum absolute atomic E-state index is 11.1. The number of rotatable bonds is 5. The van der Waals surface area contributed by atoms with E-state index < -0.39 is 7.82 Å². The Labute approximate surface area is 123 Å². The third-order valence-corrected chi connectivity index (χ3v) is 4.53. The lowest BCUT2D eigenvalue weighted by Crippen LogP contribution is -2.46. The number of aromatic nitrogens is 1. The van der Waals surface area contributed by atoms with Crippen molar-refractivity contribution >= 4 is 18.7 Å². The summed E-state index contributed by atoms with van der Waals surface area (Å²) in [5.74, 6) is 0.230. The van der Waals surface area contributed by atoms with Gasteiger partial charge in [0, 0.05) is 29.7 Å². The van der Waals surface area contributed by atoms with Crippen LogP contribution in [0.1, 0.15) is 18.9 Å². The molecule has 0 bridgehead atoms. The van der Waals surface area contributed by atoms with Gasteiger partial charge in [-0.15, -0.1) is 0 Å². The summed E-state index contributed by atoms with van der Waals surface area (Å²) in [4.78, 5) is 23.6. The predicted molar refractivity (Wildman–Crippen MR) is 80.3 cm³/mol. The van der Waals surface area contributed by atoms with Crippen LogP contribution in [-0.4, -0.2) is 38.8 Å². The number of nitrogens with zero attached hydrogens (tertiary/aromatic N) is 1. The molecule has 0 radical (unpaired) electrons. The fourth-order valence-electron chi connectivity index (χ4n) is 2.79. The molecule has 1 saturated heterocycles. The Hall–Kier alpha value is -1.33. The van der Waals surface area contributed by atoms with E-state index in [-0.39, 0.29) is 5.75 Å². The van der Waals surface area contributed by atoms with Crippen molar-refractivity contribution < 1.29 is 18.9 Å². The lowest BCUT2D eigenvalue weighted by atomic mass is 10.0. The van der Waals surface area contributed by atoms with E-state index in [4.69, 9.17) is 14.3 Å². The van der Waals surface area contributed by atoms with Crippen LogP contribution < -0.4 is 4.52 Å². The van der Waals surface area contributed by atoms with Gasteiger partial charge in [-0.25, -0.2) is 4.57 Å². The standard InChI is InChI=1S/C14H19N2O4P/c1-10-5-7-16(10)8-6-11-9-15-12-3-2-4-13(14(11)12)20-21(17,18)19/h2-4,9-10,15H,5-8H2,1H3,(H2,17,18,19). The molecule has 1 aromatic carbocycles. The number of phosphoric ester groups is 1. The van der Waals surface area contributed by atoms with Gasteiger partial charge in [0.1, 0.15) is 5.75 Å². The number of nitrogens with one attached hydrogen (secondary N) is 1. The third kappa shape index (κ3) is 3.14. The van der Waals surface area contributed by atoms with E-state index in [2.05, 4.69) is 16.8 Å². The zero-order valence-electron chi connectivity index (χ0n) is 11.8. The van der Waals surface area contributed by atoms with Crippen LogP contribution in [0, 0.1) is 0 Å². The molecule has 1 aliphatic rings. The van der Waals surface area contributed by atoms with Crippen molar-refractivity contribution in [3.05, 3.63) is 30.0 Å². The van der Waals surface area contributed by atoms with Gasteiger partial charge in [-0.1, -0.05) is 6.07 Å². The molecule has 1 unspecified atom stereocenters. The van der Waals surface area contributed by atoms with Crippen LogP contribution in [0.3, 0.4) is 0 Å². The lowest BCUT2D eigenvalue weighted by molar-refractivity contribution is 0.107. The van der Waals surface area contributed by atoms with E-state index >= 15 is 0 Å². The Balaban J connectivity index is 1.86. The molecule has 1 aliphatic heterocycles. The summed E-state index contributed by atoms with van der Waals surface area (Å²) >= 11 is 0. The van der Waals surface area contributed by atoms with Crippen LogP contribution in [0.2, 0.25) is 0 Å². The van der Waals surface area contributed by atoms with Crippen LogP contribution in [0.25, 0.3) is 10.9 Å². The molecule has 0 amide bonds. The second kappa shape index (κ2) is 5.46.